The summed E-state index contributed by atoms with van der Waals surface area (Å²) in [6, 6.07) is 24.9. The van der Waals surface area contributed by atoms with Gasteiger partial charge in [-0.15, -0.1) is 11.3 Å². The Bertz CT molecular complexity index is 1160. The molecule has 3 aromatic carbocycles. The summed E-state index contributed by atoms with van der Waals surface area (Å²) in [6.07, 6.45) is 1.60. The fourth-order valence-corrected chi connectivity index (χ4v) is 3.68. The van der Waals surface area contributed by atoms with Gasteiger partial charge < -0.3 is 5.32 Å². The van der Waals surface area contributed by atoms with E-state index < -0.39 is 0 Å². The summed E-state index contributed by atoms with van der Waals surface area (Å²) in [5, 5.41) is 10.1. The summed E-state index contributed by atoms with van der Waals surface area (Å²) in [7, 11) is 0. The van der Waals surface area contributed by atoms with Crippen LogP contribution in [0.3, 0.4) is 0 Å². The van der Waals surface area contributed by atoms with E-state index in [1.54, 1.807) is 18.3 Å². The van der Waals surface area contributed by atoms with E-state index in [1.165, 1.54) is 11.3 Å². The normalized spacial score (nSPS) is 10.8. The molecule has 0 atom stereocenters. The van der Waals surface area contributed by atoms with Crippen LogP contribution >= 0.6 is 27.3 Å². The van der Waals surface area contributed by atoms with Crippen molar-refractivity contribution in [2.45, 2.75) is 0 Å². The quantitative estimate of drug-likeness (QED) is 0.261. The number of amides is 1. The first-order chi connectivity index (χ1) is 14.7. The highest BCUT2D eigenvalue weighted by molar-refractivity contribution is 9.10. The van der Waals surface area contributed by atoms with Gasteiger partial charge in [0.1, 0.15) is 0 Å². The third kappa shape index (κ3) is 5.20. The van der Waals surface area contributed by atoms with Gasteiger partial charge in [-0.05, 0) is 42.0 Å². The van der Waals surface area contributed by atoms with Gasteiger partial charge in [-0.1, -0.05) is 58.4 Å². The molecule has 4 rings (SSSR count). The first kappa shape index (κ1) is 20.0. The van der Waals surface area contributed by atoms with E-state index in [4.69, 9.17) is 0 Å². The molecule has 0 aliphatic rings. The number of benzene rings is 3. The van der Waals surface area contributed by atoms with E-state index in [2.05, 4.69) is 36.8 Å². The first-order valence-corrected chi connectivity index (χ1v) is 10.8. The largest absolute Gasteiger partial charge is 0.332 e. The Kier molecular flexibility index (Phi) is 6.32. The van der Waals surface area contributed by atoms with Gasteiger partial charge in [-0.25, -0.2) is 10.4 Å². The predicted octanol–water partition coefficient (Wildman–Crippen LogP) is 6.08. The monoisotopic (exact) mass is 476 g/mol. The standard InChI is InChI=1S/C23H17BrN4OS/c24-19-10-6-16(7-11-19)14-25-28-22(29)18-8-12-20(13-9-18)26-23-27-21(15-30-23)17-4-2-1-3-5-17/h1-15H,(H,26,27)(H,28,29)/b25-14+. The highest BCUT2D eigenvalue weighted by Gasteiger charge is 2.07. The van der Waals surface area contributed by atoms with E-state index in [0.717, 1.165) is 32.1 Å². The lowest BCUT2D eigenvalue weighted by atomic mass is 10.2. The molecule has 0 aliphatic carbocycles. The van der Waals surface area contributed by atoms with Crippen LogP contribution in [0.15, 0.2) is 93.8 Å². The molecule has 1 aromatic heterocycles. The van der Waals surface area contributed by atoms with Crippen LogP contribution in [0.4, 0.5) is 10.8 Å². The Balaban J connectivity index is 1.35. The number of carbonyl (C=O) groups is 1. The van der Waals surface area contributed by atoms with E-state index >= 15 is 0 Å². The molecule has 4 aromatic rings. The summed E-state index contributed by atoms with van der Waals surface area (Å²) in [6.45, 7) is 0. The van der Waals surface area contributed by atoms with Crippen molar-refractivity contribution in [3.8, 4) is 11.3 Å². The summed E-state index contributed by atoms with van der Waals surface area (Å²) in [4.78, 5) is 16.9. The second-order valence-corrected chi connectivity index (χ2v) is 8.13. The molecule has 1 heterocycles. The smallest absolute Gasteiger partial charge is 0.271 e. The molecule has 0 radical (unpaired) electrons. The summed E-state index contributed by atoms with van der Waals surface area (Å²) in [5.41, 5.74) is 6.84. The van der Waals surface area contributed by atoms with Crippen LogP contribution in [0.2, 0.25) is 0 Å². The van der Waals surface area contributed by atoms with E-state index in [-0.39, 0.29) is 5.91 Å². The summed E-state index contributed by atoms with van der Waals surface area (Å²) in [5.74, 6) is -0.268. The van der Waals surface area contributed by atoms with Gasteiger partial charge in [-0.2, -0.15) is 5.10 Å². The number of thiazole rings is 1. The Morgan fingerprint density at radius 1 is 0.967 bits per heavy atom. The lowest BCUT2D eigenvalue weighted by Crippen LogP contribution is -2.17. The second-order valence-electron chi connectivity index (χ2n) is 6.36. The molecule has 5 nitrogen and oxygen atoms in total. The maximum absolute atomic E-state index is 12.3. The van der Waals surface area contributed by atoms with E-state index in [1.807, 2.05) is 72.1 Å². The minimum atomic E-state index is -0.268. The molecule has 0 fully saturated rings. The van der Waals surface area contributed by atoms with Gasteiger partial charge in [0.25, 0.3) is 5.91 Å². The van der Waals surface area contributed by atoms with Crippen LogP contribution in [0.25, 0.3) is 11.3 Å². The van der Waals surface area contributed by atoms with Gasteiger partial charge in [-0.3, -0.25) is 4.79 Å². The number of anilines is 2. The number of nitrogens with one attached hydrogen (secondary N) is 2. The van der Waals surface area contributed by atoms with Crippen molar-refractivity contribution >= 4 is 50.2 Å². The maximum Gasteiger partial charge on any atom is 0.271 e. The van der Waals surface area contributed by atoms with Crippen molar-refractivity contribution in [2.75, 3.05) is 5.32 Å². The topological polar surface area (TPSA) is 66.4 Å². The van der Waals surface area contributed by atoms with Gasteiger partial charge in [0.15, 0.2) is 5.13 Å². The first-order valence-electron chi connectivity index (χ1n) is 9.14. The average Bonchev–Trinajstić information content (AvgIpc) is 3.25. The number of halogens is 1. The third-order valence-corrected chi connectivity index (χ3v) is 5.51. The SMILES string of the molecule is O=C(N/N=C/c1ccc(Br)cc1)c1ccc(Nc2nc(-c3ccccc3)cs2)cc1. The minimum Gasteiger partial charge on any atom is -0.332 e. The Morgan fingerprint density at radius 3 is 2.43 bits per heavy atom. The van der Waals surface area contributed by atoms with Crippen molar-refractivity contribution in [2.24, 2.45) is 5.10 Å². The molecule has 0 saturated carbocycles. The van der Waals surface area contributed by atoms with Crippen molar-refractivity contribution in [3.05, 3.63) is 99.8 Å². The van der Waals surface area contributed by atoms with E-state index in [0.29, 0.717) is 5.56 Å². The molecule has 0 spiro atoms. The molecule has 0 bridgehead atoms. The van der Waals surface area contributed by atoms with Crippen molar-refractivity contribution in [3.63, 3.8) is 0 Å². The number of carbonyl (C=O) groups excluding carboxylic acids is 1. The molecule has 0 saturated heterocycles. The van der Waals surface area contributed by atoms with Crippen LogP contribution in [-0.4, -0.2) is 17.1 Å². The van der Waals surface area contributed by atoms with Gasteiger partial charge >= 0.3 is 0 Å². The Morgan fingerprint density at radius 2 is 1.70 bits per heavy atom. The number of aromatic nitrogens is 1. The van der Waals surface area contributed by atoms with Crippen LogP contribution in [0.1, 0.15) is 15.9 Å². The summed E-state index contributed by atoms with van der Waals surface area (Å²) < 4.78 is 0.992. The molecule has 1 amide bonds. The fourth-order valence-electron chi connectivity index (χ4n) is 2.68. The van der Waals surface area contributed by atoms with Crippen molar-refractivity contribution < 1.29 is 4.79 Å². The zero-order valence-corrected chi connectivity index (χ0v) is 18.2. The molecule has 7 heteroatoms. The molecule has 0 aliphatic heterocycles. The number of nitrogens with zero attached hydrogens (tertiary/aromatic N) is 2. The van der Waals surface area contributed by atoms with Gasteiger partial charge in [0.05, 0.1) is 11.9 Å². The van der Waals surface area contributed by atoms with Gasteiger partial charge in [0.2, 0.25) is 0 Å². The van der Waals surface area contributed by atoms with Crippen molar-refractivity contribution in [1.29, 1.82) is 0 Å². The fraction of sp³-hybridized carbons (Fsp3) is 0. The minimum absolute atomic E-state index is 0.268. The van der Waals surface area contributed by atoms with E-state index in [9.17, 15) is 4.79 Å². The van der Waals surface area contributed by atoms with Crippen LogP contribution < -0.4 is 10.7 Å². The molecule has 2 N–H and O–H groups in total. The lowest BCUT2D eigenvalue weighted by molar-refractivity contribution is 0.0955. The van der Waals surface area contributed by atoms with Crippen molar-refractivity contribution in [1.82, 2.24) is 10.4 Å². The zero-order valence-electron chi connectivity index (χ0n) is 15.7. The Hall–Kier alpha value is -3.29. The molecule has 30 heavy (non-hydrogen) atoms. The lowest BCUT2D eigenvalue weighted by Gasteiger charge is -2.04. The molecular formula is C23H17BrN4OS. The third-order valence-electron chi connectivity index (χ3n) is 4.22. The van der Waals surface area contributed by atoms with Crippen LogP contribution in [0, 0.1) is 0 Å². The number of hydrogen-bond donors (Lipinski definition) is 2. The van der Waals surface area contributed by atoms with Crippen LogP contribution in [0.5, 0.6) is 0 Å². The average molecular weight is 477 g/mol. The maximum atomic E-state index is 12.3. The number of rotatable bonds is 6. The second kappa shape index (κ2) is 9.47. The Labute approximate surface area is 186 Å². The highest BCUT2D eigenvalue weighted by Crippen LogP contribution is 2.27. The molecule has 0 unspecified atom stereocenters. The molecular weight excluding hydrogens is 460 g/mol. The molecule has 148 valence electrons. The summed E-state index contributed by atoms with van der Waals surface area (Å²) >= 11 is 4.92. The highest BCUT2D eigenvalue weighted by atomic mass is 79.9. The zero-order chi connectivity index (χ0) is 20.8. The van der Waals surface area contributed by atoms with Gasteiger partial charge in [0, 0.05) is 26.7 Å². The van der Waals surface area contributed by atoms with Crippen LogP contribution in [-0.2, 0) is 0 Å². The number of hydrazone groups is 1. The number of hydrogen-bond acceptors (Lipinski definition) is 5. The predicted molar refractivity (Wildman–Crippen MR) is 126 cm³/mol.